The number of aromatic amines is 1. The standard InChI is InChI=1S/C16H21FN2/c1-2-8-19(14-4-5-14)9-7-12-11-18-16-6-3-13(17)10-15(12)16/h3,6,10-11,14,18H,2,4-5,7-9H2,1H3. The van der Waals surface area contributed by atoms with Gasteiger partial charge in [0.15, 0.2) is 0 Å². The monoisotopic (exact) mass is 260 g/mol. The molecule has 1 aromatic carbocycles. The van der Waals surface area contributed by atoms with E-state index in [4.69, 9.17) is 0 Å². The second-order valence-corrected chi connectivity index (χ2v) is 5.52. The molecule has 0 aliphatic heterocycles. The lowest BCUT2D eigenvalue weighted by Gasteiger charge is -2.20. The molecule has 2 aromatic rings. The minimum Gasteiger partial charge on any atom is -0.361 e. The normalized spacial score (nSPS) is 15.5. The number of nitrogens with one attached hydrogen (secondary N) is 1. The molecule has 0 radical (unpaired) electrons. The van der Waals surface area contributed by atoms with Crippen LogP contribution >= 0.6 is 0 Å². The van der Waals surface area contributed by atoms with Crippen molar-refractivity contribution in [3.05, 3.63) is 35.8 Å². The van der Waals surface area contributed by atoms with E-state index in [1.807, 2.05) is 12.3 Å². The first-order chi connectivity index (χ1) is 9.28. The summed E-state index contributed by atoms with van der Waals surface area (Å²) in [7, 11) is 0. The number of fused-ring (bicyclic) bond motifs is 1. The summed E-state index contributed by atoms with van der Waals surface area (Å²) in [5.74, 6) is -0.152. The molecule has 2 nitrogen and oxygen atoms in total. The van der Waals surface area contributed by atoms with Crippen LogP contribution in [0.5, 0.6) is 0 Å². The zero-order chi connectivity index (χ0) is 13.2. The van der Waals surface area contributed by atoms with Gasteiger partial charge in [-0.15, -0.1) is 0 Å². The van der Waals surface area contributed by atoms with Crippen LogP contribution in [0.25, 0.3) is 10.9 Å². The van der Waals surface area contributed by atoms with Crippen molar-refractivity contribution in [2.24, 2.45) is 0 Å². The Balaban J connectivity index is 1.72. The molecule has 1 fully saturated rings. The second-order valence-electron chi connectivity index (χ2n) is 5.52. The summed E-state index contributed by atoms with van der Waals surface area (Å²) >= 11 is 0. The van der Waals surface area contributed by atoms with Gasteiger partial charge in [0.25, 0.3) is 0 Å². The van der Waals surface area contributed by atoms with E-state index < -0.39 is 0 Å². The maximum atomic E-state index is 13.3. The number of aromatic nitrogens is 1. The van der Waals surface area contributed by atoms with E-state index in [1.165, 1.54) is 37.4 Å². The van der Waals surface area contributed by atoms with Crippen LogP contribution in [0.2, 0.25) is 0 Å². The van der Waals surface area contributed by atoms with Crippen LogP contribution in [0.1, 0.15) is 31.7 Å². The quantitative estimate of drug-likeness (QED) is 0.838. The molecular weight excluding hydrogens is 239 g/mol. The Hall–Kier alpha value is -1.35. The fourth-order valence-corrected chi connectivity index (χ4v) is 2.83. The minimum absolute atomic E-state index is 0.152. The number of benzene rings is 1. The van der Waals surface area contributed by atoms with Gasteiger partial charge in [-0.3, -0.25) is 0 Å². The van der Waals surface area contributed by atoms with Crippen molar-refractivity contribution >= 4 is 10.9 Å². The summed E-state index contributed by atoms with van der Waals surface area (Å²) in [5, 5.41) is 1.03. The molecule has 1 N–H and O–H groups in total. The molecule has 19 heavy (non-hydrogen) atoms. The Kier molecular flexibility index (Phi) is 3.56. The highest BCUT2D eigenvalue weighted by Gasteiger charge is 2.27. The van der Waals surface area contributed by atoms with Crippen LogP contribution in [-0.4, -0.2) is 29.0 Å². The average Bonchev–Trinajstić information content (AvgIpc) is 3.17. The zero-order valence-corrected chi connectivity index (χ0v) is 11.5. The van der Waals surface area contributed by atoms with E-state index in [2.05, 4.69) is 16.8 Å². The predicted octanol–water partition coefficient (Wildman–Crippen LogP) is 3.72. The summed E-state index contributed by atoms with van der Waals surface area (Å²) in [5.41, 5.74) is 2.26. The fourth-order valence-electron chi connectivity index (χ4n) is 2.83. The highest BCUT2D eigenvalue weighted by molar-refractivity contribution is 5.83. The SMILES string of the molecule is CCCN(CCc1c[nH]c2ccc(F)cc12)C1CC1. The van der Waals surface area contributed by atoms with Crippen LogP contribution in [0.3, 0.4) is 0 Å². The Morgan fingerprint density at radius 1 is 1.32 bits per heavy atom. The van der Waals surface area contributed by atoms with Gasteiger partial charge >= 0.3 is 0 Å². The summed E-state index contributed by atoms with van der Waals surface area (Å²) in [6.07, 6.45) is 6.94. The van der Waals surface area contributed by atoms with Crippen molar-refractivity contribution in [1.82, 2.24) is 9.88 Å². The van der Waals surface area contributed by atoms with Gasteiger partial charge in [-0.1, -0.05) is 6.92 Å². The molecule has 1 aliphatic carbocycles. The Labute approximate surface area is 113 Å². The van der Waals surface area contributed by atoms with Crippen LogP contribution in [0, 0.1) is 5.82 Å². The molecule has 0 saturated heterocycles. The average molecular weight is 260 g/mol. The molecular formula is C16H21FN2. The first-order valence-corrected chi connectivity index (χ1v) is 7.27. The molecule has 0 spiro atoms. The number of hydrogen-bond donors (Lipinski definition) is 1. The van der Waals surface area contributed by atoms with Crippen LogP contribution in [0.4, 0.5) is 4.39 Å². The van der Waals surface area contributed by atoms with E-state index in [0.29, 0.717) is 0 Å². The summed E-state index contributed by atoms with van der Waals surface area (Å²) in [6.45, 7) is 4.50. The topological polar surface area (TPSA) is 19.0 Å². The number of halogens is 1. The van der Waals surface area contributed by atoms with Crippen LogP contribution in [-0.2, 0) is 6.42 Å². The molecule has 0 atom stereocenters. The molecule has 102 valence electrons. The number of H-pyrrole nitrogens is 1. The molecule has 1 heterocycles. The van der Waals surface area contributed by atoms with Gasteiger partial charge < -0.3 is 9.88 Å². The third kappa shape index (κ3) is 2.81. The van der Waals surface area contributed by atoms with Crippen molar-refractivity contribution in [1.29, 1.82) is 0 Å². The van der Waals surface area contributed by atoms with Crippen molar-refractivity contribution in [2.75, 3.05) is 13.1 Å². The predicted molar refractivity (Wildman–Crippen MR) is 76.8 cm³/mol. The van der Waals surface area contributed by atoms with E-state index in [9.17, 15) is 4.39 Å². The lowest BCUT2D eigenvalue weighted by molar-refractivity contribution is 0.267. The van der Waals surface area contributed by atoms with E-state index in [0.717, 1.165) is 29.9 Å². The first kappa shape index (κ1) is 12.7. The van der Waals surface area contributed by atoms with Crippen molar-refractivity contribution in [3.63, 3.8) is 0 Å². The van der Waals surface area contributed by atoms with Crippen LogP contribution < -0.4 is 0 Å². The molecule has 1 aromatic heterocycles. The van der Waals surface area contributed by atoms with E-state index in [-0.39, 0.29) is 5.82 Å². The van der Waals surface area contributed by atoms with Gasteiger partial charge in [0.2, 0.25) is 0 Å². The lowest BCUT2D eigenvalue weighted by atomic mass is 10.1. The lowest BCUT2D eigenvalue weighted by Crippen LogP contribution is -2.29. The van der Waals surface area contributed by atoms with Crippen LogP contribution in [0.15, 0.2) is 24.4 Å². The fraction of sp³-hybridized carbons (Fsp3) is 0.500. The van der Waals surface area contributed by atoms with Crippen molar-refractivity contribution < 1.29 is 4.39 Å². The van der Waals surface area contributed by atoms with Gasteiger partial charge in [0.05, 0.1) is 0 Å². The second kappa shape index (κ2) is 5.33. The van der Waals surface area contributed by atoms with Gasteiger partial charge in [0, 0.05) is 29.7 Å². The zero-order valence-electron chi connectivity index (χ0n) is 11.5. The number of rotatable bonds is 6. The first-order valence-electron chi connectivity index (χ1n) is 7.27. The Bertz CT molecular complexity index is 557. The molecule has 1 aliphatic rings. The number of nitrogens with zero attached hydrogens (tertiary/aromatic N) is 1. The Morgan fingerprint density at radius 3 is 2.89 bits per heavy atom. The van der Waals surface area contributed by atoms with Gasteiger partial charge in [-0.2, -0.15) is 0 Å². The van der Waals surface area contributed by atoms with Gasteiger partial charge in [-0.05, 0) is 56.0 Å². The summed E-state index contributed by atoms with van der Waals surface area (Å²) in [4.78, 5) is 5.81. The van der Waals surface area contributed by atoms with Crippen molar-refractivity contribution in [3.8, 4) is 0 Å². The maximum absolute atomic E-state index is 13.3. The van der Waals surface area contributed by atoms with Gasteiger partial charge in [-0.25, -0.2) is 4.39 Å². The van der Waals surface area contributed by atoms with Gasteiger partial charge in [0.1, 0.15) is 5.82 Å². The number of hydrogen-bond acceptors (Lipinski definition) is 1. The van der Waals surface area contributed by atoms with E-state index >= 15 is 0 Å². The maximum Gasteiger partial charge on any atom is 0.123 e. The van der Waals surface area contributed by atoms with Crippen molar-refractivity contribution in [2.45, 2.75) is 38.6 Å². The molecule has 1 saturated carbocycles. The molecule has 0 unspecified atom stereocenters. The third-order valence-electron chi connectivity index (χ3n) is 3.97. The molecule has 3 heteroatoms. The molecule has 0 amide bonds. The Morgan fingerprint density at radius 2 is 2.16 bits per heavy atom. The molecule has 0 bridgehead atoms. The van der Waals surface area contributed by atoms with E-state index in [1.54, 1.807) is 6.07 Å². The highest BCUT2D eigenvalue weighted by atomic mass is 19.1. The largest absolute Gasteiger partial charge is 0.361 e. The summed E-state index contributed by atoms with van der Waals surface area (Å²) in [6, 6.07) is 5.78. The smallest absolute Gasteiger partial charge is 0.123 e. The third-order valence-corrected chi connectivity index (χ3v) is 3.97. The summed E-state index contributed by atoms with van der Waals surface area (Å²) < 4.78 is 13.3. The highest BCUT2D eigenvalue weighted by Crippen LogP contribution is 2.27. The molecule has 3 rings (SSSR count). The minimum atomic E-state index is -0.152.